The van der Waals surface area contributed by atoms with Gasteiger partial charge in [-0.05, 0) is 57.8 Å². The lowest BCUT2D eigenvalue weighted by molar-refractivity contribution is -0.143. The standard InChI is InChI=1S/C73H141NO5/c1-3-5-7-9-11-13-15-17-19-20-21-22-25-28-31-34-38-41-45-49-53-57-61-65-71(76)70(69-75)74-72(77)66-62-58-54-50-46-42-39-35-32-29-26-23-24-27-30-33-36-40-44-48-52-56-60-64-68-79-73(78)67-63-59-55-51-47-43-37-18-16-14-12-10-8-6-4-2/h12,14,18,37,70-71,75-76H,3-11,13,15-17,19-36,38-69H2,1-2H3,(H,74,77)/b14-12-,37-18-. The molecule has 0 aliphatic rings. The van der Waals surface area contributed by atoms with E-state index in [4.69, 9.17) is 4.74 Å². The number of hydrogen-bond acceptors (Lipinski definition) is 5. The van der Waals surface area contributed by atoms with Gasteiger partial charge >= 0.3 is 5.97 Å². The van der Waals surface area contributed by atoms with Crippen LogP contribution in [0.3, 0.4) is 0 Å². The fourth-order valence-corrected chi connectivity index (χ4v) is 11.5. The van der Waals surface area contributed by atoms with Crippen molar-refractivity contribution < 1.29 is 24.5 Å². The van der Waals surface area contributed by atoms with Crippen LogP contribution in [-0.2, 0) is 14.3 Å². The van der Waals surface area contributed by atoms with Gasteiger partial charge in [0.15, 0.2) is 0 Å². The largest absolute Gasteiger partial charge is 0.466 e. The monoisotopic (exact) mass is 1110 g/mol. The number of carbonyl (C=O) groups is 2. The number of esters is 1. The van der Waals surface area contributed by atoms with Gasteiger partial charge in [0.1, 0.15) is 0 Å². The molecule has 0 saturated carbocycles. The Morgan fingerprint density at radius 3 is 0.987 bits per heavy atom. The van der Waals surface area contributed by atoms with Gasteiger partial charge in [0.05, 0.1) is 25.4 Å². The molecule has 6 heteroatoms. The van der Waals surface area contributed by atoms with Gasteiger partial charge in [-0.2, -0.15) is 0 Å². The molecule has 0 radical (unpaired) electrons. The van der Waals surface area contributed by atoms with E-state index in [0.29, 0.717) is 25.9 Å². The minimum atomic E-state index is -0.665. The molecular formula is C73H141NO5. The van der Waals surface area contributed by atoms with Crippen molar-refractivity contribution in [1.82, 2.24) is 5.32 Å². The number of aliphatic hydroxyl groups is 2. The Morgan fingerprint density at radius 2 is 0.633 bits per heavy atom. The van der Waals surface area contributed by atoms with E-state index in [0.717, 1.165) is 51.4 Å². The normalized spacial score (nSPS) is 12.6. The van der Waals surface area contributed by atoms with Gasteiger partial charge in [0.25, 0.3) is 0 Å². The van der Waals surface area contributed by atoms with Gasteiger partial charge in [0, 0.05) is 12.8 Å². The first-order valence-corrected chi connectivity index (χ1v) is 36.1. The maximum atomic E-state index is 12.6. The van der Waals surface area contributed by atoms with E-state index in [1.54, 1.807) is 0 Å². The number of carbonyl (C=O) groups excluding carboxylic acids is 2. The molecule has 0 heterocycles. The third-order valence-corrected chi connectivity index (χ3v) is 17.0. The first-order valence-electron chi connectivity index (χ1n) is 36.1. The molecule has 79 heavy (non-hydrogen) atoms. The molecule has 3 N–H and O–H groups in total. The highest BCUT2D eigenvalue weighted by Gasteiger charge is 2.20. The van der Waals surface area contributed by atoms with Crippen LogP contribution in [-0.4, -0.2) is 47.4 Å². The molecule has 0 aromatic heterocycles. The van der Waals surface area contributed by atoms with Crippen molar-refractivity contribution >= 4 is 11.9 Å². The lowest BCUT2D eigenvalue weighted by Crippen LogP contribution is -2.45. The van der Waals surface area contributed by atoms with Crippen LogP contribution >= 0.6 is 0 Å². The number of ether oxygens (including phenoxy) is 1. The molecule has 0 aliphatic carbocycles. The predicted octanol–water partition coefficient (Wildman–Crippen LogP) is 23.3. The van der Waals surface area contributed by atoms with Crippen molar-refractivity contribution in [2.75, 3.05) is 13.2 Å². The molecule has 0 aromatic carbocycles. The topological polar surface area (TPSA) is 95.9 Å². The zero-order valence-electron chi connectivity index (χ0n) is 53.6. The van der Waals surface area contributed by atoms with Gasteiger partial charge in [-0.15, -0.1) is 0 Å². The maximum Gasteiger partial charge on any atom is 0.305 e. The molecule has 2 atom stereocenters. The van der Waals surface area contributed by atoms with E-state index >= 15 is 0 Å². The number of aliphatic hydroxyl groups excluding tert-OH is 2. The Hall–Kier alpha value is -1.66. The number of amides is 1. The van der Waals surface area contributed by atoms with Crippen LogP contribution in [0.2, 0.25) is 0 Å². The van der Waals surface area contributed by atoms with E-state index in [1.807, 2.05) is 0 Å². The Morgan fingerprint density at radius 1 is 0.354 bits per heavy atom. The molecular weight excluding hydrogens is 971 g/mol. The second-order valence-corrected chi connectivity index (χ2v) is 24.9. The van der Waals surface area contributed by atoms with E-state index in [2.05, 4.69) is 43.5 Å². The number of unbranched alkanes of at least 4 members (excludes halogenated alkanes) is 53. The third-order valence-electron chi connectivity index (χ3n) is 17.0. The fraction of sp³-hybridized carbons (Fsp3) is 0.918. The van der Waals surface area contributed by atoms with Gasteiger partial charge in [-0.25, -0.2) is 0 Å². The molecule has 0 aromatic rings. The van der Waals surface area contributed by atoms with Crippen LogP contribution in [0.5, 0.6) is 0 Å². The second-order valence-electron chi connectivity index (χ2n) is 24.9. The number of nitrogens with one attached hydrogen (secondary N) is 1. The first-order chi connectivity index (χ1) is 39.0. The average Bonchev–Trinajstić information content (AvgIpc) is 3.45. The quantitative estimate of drug-likeness (QED) is 0.0320. The van der Waals surface area contributed by atoms with E-state index < -0.39 is 12.1 Å². The van der Waals surface area contributed by atoms with Crippen LogP contribution in [0.1, 0.15) is 406 Å². The van der Waals surface area contributed by atoms with Crippen molar-refractivity contribution in [2.24, 2.45) is 0 Å². The minimum absolute atomic E-state index is 0.00241. The molecule has 6 nitrogen and oxygen atoms in total. The Balaban J connectivity index is 3.37. The summed E-state index contributed by atoms with van der Waals surface area (Å²) in [5.41, 5.74) is 0. The SMILES string of the molecule is CCCCC/C=C\C/C=C\CCCCCCCC(=O)OCCCCCCCCCCCCCCCCCCCCCCCCCCC(=O)NC(CO)C(O)CCCCCCCCCCCCCCCCCCCCCCCCC. The Labute approximate surface area is 494 Å². The van der Waals surface area contributed by atoms with Gasteiger partial charge < -0.3 is 20.3 Å². The third kappa shape index (κ3) is 65.4. The van der Waals surface area contributed by atoms with Gasteiger partial charge in [0.2, 0.25) is 5.91 Å². The molecule has 0 saturated heterocycles. The molecule has 0 spiro atoms. The lowest BCUT2D eigenvalue weighted by Gasteiger charge is -2.22. The zero-order valence-corrected chi connectivity index (χ0v) is 53.6. The highest BCUT2D eigenvalue weighted by atomic mass is 16.5. The molecule has 468 valence electrons. The summed E-state index contributed by atoms with van der Waals surface area (Å²) in [5.74, 6) is -0.0267. The van der Waals surface area contributed by atoms with E-state index in [-0.39, 0.29) is 18.5 Å². The summed E-state index contributed by atoms with van der Waals surface area (Å²) in [5, 5.41) is 23.4. The predicted molar refractivity (Wildman–Crippen MR) is 347 cm³/mol. The number of allylic oxidation sites excluding steroid dienone is 4. The molecule has 0 aliphatic heterocycles. The average molecular weight is 1110 g/mol. The van der Waals surface area contributed by atoms with E-state index in [9.17, 15) is 19.8 Å². The van der Waals surface area contributed by atoms with Crippen molar-refractivity contribution in [1.29, 1.82) is 0 Å². The van der Waals surface area contributed by atoms with Crippen LogP contribution in [0.15, 0.2) is 24.3 Å². The van der Waals surface area contributed by atoms with Crippen LogP contribution in [0, 0.1) is 0 Å². The van der Waals surface area contributed by atoms with Crippen LogP contribution in [0.4, 0.5) is 0 Å². The summed E-state index contributed by atoms with van der Waals surface area (Å²) in [4.78, 5) is 24.6. The number of rotatable bonds is 68. The van der Waals surface area contributed by atoms with Crippen LogP contribution < -0.4 is 5.32 Å². The maximum absolute atomic E-state index is 12.6. The summed E-state index contributed by atoms with van der Waals surface area (Å²) in [6, 6.07) is -0.542. The van der Waals surface area contributed by atoms with Gasteiger partial charge in [-0.1, -0.05) is 359 Å². The molecule has 0 rings (SSSR count). The van der Waals surface area contributed by atoms with Crippen molar-refractivity contribution in [3.63, 3.8) is 0 Å². The number of hydrogen-bond donors (Lipinski definition) is 3. The summed E-state index contributed by atoms with van der Waals surface area (Å²) < 4.78 is 5.49. The fourth-order valence-electron chi connectivity index (χ4n) is 11.5. The van der Waals surface area contributed by atoms with Crippen molar-refractivity contribution in [2.45, 2.75) is 418 Å². The smallest absolute Gasteiger partial charge is 0.305 e. The second kappa shape index (κ2) is 68.8. The zero-order chi connectivity index (χ0) is 57.1. The van der Waals surface area contributed by atoms with Gasteiger partial charge in [-0.3, -0.25) is 9.59 Å². The molecule has 2 unspecified atom stereocenters. The van der Waals surface area contributed by atoms with Crippen LogP contribution in [0.25, 0.3) is 0 Å². The highest BCUT2D eigenvalue weighted by molar-refractivity contribution is 5.76. The summed E-state index contributed by atoms with van der Waals surface area (Å²) in [6.07, 6.45) is 86.5. The van der Waals surface area contributed by atoms with Crippen molar-refractivity contribution in [3.05, 3.63) is 24.3 Å². The molecule has 0 fully saturated rings. The minimum Gasteiger partial charge on any atom is -0.466 e. The summed E-state index contributed by atoms with van der Waals surface area (Å²) in [7, 11) is 0. The summed E-state index contributed by atoms with van der Waals surface area (Å²) >= 11 is 0. The molecule has 0 bridgehead atoms. The first kappa shape index (κ1) is 77.3. The summed E-state index contributed by atoms with van der Waals surface area (Å²) in [6.45, 7) is 4.96. The van der Waals surface area contributed by atoms with Crippen molar-refractivity contribution in [3.8, 4) is 0 Å². The Bertz CT molecular complexity index is 1230. The molecule has 1 amide bonds. The lowest BCUT2D eigenvalue weighted by atomic mass is 10.0. The Kier molecular flexibility index (Phi) is 67.4. The van der Waals surface area contributed by atoms with E-state index in [1.165, 1.54) is 321 Å². The highest BCUT2D eigenvalue weighted by Crippen LogP contribution is 2.19.